The molecule has 1 fully saturated rings. The van der Waals surface area contributed by atoms with Gasteiger partial charge in [-0.25, -0.2) is 9.18 Å². The third-order valence-corrected chi connectivity index (χ3v) is 5.37. The molecule has 2 aromatic carbocycles. The van der Waals surface area contributed by atoms with Gasteiger partial charge in [0.25, 0.3) is 0 Å². The van der Waals surface area contributed by atoms with Gasteiger partial charge >= 0.3 is 6.03 Å². The Kier molecular flexibility index (Phi) is 6.20. The summed E-state index contributed by atoms with van der Waals surface area (Å²) >= 11 is 0. The SMILES string of the molecule is Cc1cc(C)cc(NC(=O)N2CCCC(C)(C(=O)NCc3ccc(F)cc3)C2)c1. The standard InChI is InChI=1S/C23H28FN3O2/c1-16-11-17(2)13-20(12-16)26-22(29)27-10-4-9-23(3,15-27)21(28)25-14-18-5-7-19(24)8-6-18/h5-8,11-13H,4,9-10,14-15H2,1-3H3,(H,25,28)(H,26,29). The summed E-state index contributed by atoms with van der Waals surface area (Å²) < 4.78 is 13.0. The Labute approximate surface area is 171 Å². The quantitative estimate of drug-likeness (QED) is 0.804. The molecule has 2 N–H and O–H groups in total. The van der Waals surface area contributed by atoms with Crippen molar-refractivity contribution in [2.75, 3.05) is 18.4 Å². The molecule has 0 aromatic heterocycles. The van der Waals surface area contributed by atoms with Crippen molar-refractivity contribution in [2.24, 2.45) is 5.41 Å². The van der Waals surface area contributed by atoms with Crippen molar-refractivity contribution in [3.8, 4) is 0 Å². The first-order valence-corrected chi connectivity index (χ1v) is 9.92. The van der Waals surface area contributed by atoms with Crippen LogP contribution in [0.4, 0.5) is 14.9 Å². The van der Waals surface area contributed by atoms with Crippen LogP contribution >= 0.6 is 0 Å². The summed E-state index contributed by atoms with van der Waals surface area (Å²) in [7, 11) is 0. The number of rotatable bonds is 4. The first-order valence-electron chi connectivity index (χ1n) is 9.92. The largest absolute Gasteiger partial charge is 0.351 e. The Morgan fingerprint density at radius 1 is 1.10 bits per heavy atom. The summed E-state index contributed by atoms with van der Waals surface area (Å²) in [6.45, 7) is 7.20. The number of urea groups is 1. The predicted molar refractivity (Wildman–Crippen MR) is 112 cm³/mol. The Morgan fingerprint density at radius 3 is 2.41 bits per heavy atom. The topological polar surface area (TPSA) is 61.4 Å². The van der Waals surface area contributed by atoms with Gasteiger partial charge in [-0.05, 0) is 74.6 Å². The Bertz CT molecular complexity index is 877. The van der Waals surface area contributed by atoms with Crippen LogP contribution in [-0.4, -0.2) is 29.9 Å². The average molecular weight is 397 g/mol. The zero-order chi connectivity index (χ0) is 21.0. The van der Waals surface area contributed by atoms with Crippen LogP contribution in [0, 0.1) is 25.1 Å². The van der Waals surface area contributed by atoms with Gasteiger partial charge in [0.15, 0.2) is 0 Å². The van der Waals surface area contributed by atoms with Crippen LogP contribution in [0.1, 0.15) is 36.5 Å². The highest BCUT2D eigenvalue weighted by Crippen LogP contribution is 2.30. The Hall–Kier alpha value is -2.89. The fourth-order valence-electron chi connectivity index (χ4n) is 3.85. The van der Waals surface area contributed by atoms with Gasteiger partial charge in [0.05, 0.1) is 5.41 Å². The van der Waals surface area contributed by atoms with Crippen LogP contribution in [0.2, 0.25) is 0 Å². The van der Waals surface area contributed by atoms with E-state index in [-0.39, 0.29) is 17.8 Å². The minimum atomic E-state index is -0.655. The van der Waals surface area contributed by atoms with Gasteiger partial charge in [-0.1, -0.05) is 18.2 Å². The van der Waals surface area contributed by atoms with Crippen molar-refractivity contribution in [2.45, 2.75) is 40.2 Å². The van der Waals surface area contributed by atoms with Crippen molar-refractivity contribution in [3.05, 3.63) is 65.0 Å². The van der Waals surface area contributed by atoms with Gasteiger partial charge in [-0.3, -0.25) is 4.79 Å². The summed E-state index contributed by atoms with van der Waals surface area (Å²) in [4.78, 5) is 27.3. The molecule has 0 aliphatic carbocycles. The average Bonchev–Trinajstić information content (AvgIpc) is 2.66. The minimum Gasteiger partial charge on any atom is -0.351 e. The molecule has 1 heterocycles. The zero-order valence-electron chi connectivity index (χ0n) is 17.2. The molecule has 2 aromatic rings. The highest BCUT2D eigenvalue weighted by molar-refractivity contribution is 5.90. The van der Waals surface area contributed by atoms with Crippen LogP contribution < -0.4 is 10.6 Å². The van der Waals surface area contributed by atoms with Gasteiger partial charge in [0.2, 0.25) is 5.91 Å². The van der Waals surface area contributed by atoms with E-state index < -0.39 is 5.41 Å². The van der Waals surface area contributed by atoms with Crippen molar-refractivity contribution in [3.63, 3.8) is 0 Å². The molecule has 1 aliphatic heterocycles. The molecule has 154 valence electrons. The molecule has 6 heteroatoms. The van der Waals surface area contributed by atoms with Crippen LogP contribution in [0.5, 0.6) is 0 Å². The van der Waals surface area contributed by atoms with Gasteiger partial charge in [-0.15, -0.1) is 0 Å². The van der Waals surface area contributed by atoms with E-state index in [0.29, 0.717) is 19.6 Å². The van der Waals surface area contributed by atoms with E-state index >= 15 is 0 Å². The molecule has 1 atom stereocenters. The lowest BCUT2D eigenvalue weighted by Crippen LogP contribution is -2.52. The number of benzene rings is 2. The molecule has 0 saturated carbocycles. The van der Waals surface area contributed by atoms with Crippen LogP contribution in [0.3, 0.4) is 0 Å². The Balaban J connectivity index is 1.60. The first-order chi connectivity index (χ1) is 13.7. The monoisotopic (exact) mass is 397 g/mol. The summed E-state index contributed by atoms with van der Waals surface area (Å²) in [5.74, 6) is -0.393. The Morgan fingerprint density at radius 2 is 1.76 bits per heavy atom. The number of amides is 3. The summed E-state index contributed by atoms with van der Waals surface area (Å²) in [5.41, 5.74) is 3.12. The highest BCUT2D eigenvalue weighted by atomic mass is 19.1. The van der Waals surface area contributed by atoms with E-state index in [1.165, 1.54) is 12.1 Å². The molecule has 3 amide bonds. The fraction of sp³-hybridized carbons (Fsp3) is 0.391. The number of nitrogens with one attached hydrogen (secondary N) is 2. The van der Waals surface area contributed by atoms with Crippen LogP contribution in [0.25, 0.3) is 0 Å². The summed E-state index contributed by atoms with van der Waals surface area (Å²) in [6.07, 6.45) is 1.48. The molecule has 0 bridgehead atoms. The van der Waals surface area contributed by atoms with Gasteiger partial charge in [0, 0.05) is 25.3 Å². The maximum atomic E-state index is 13.0. The molecule has 5 nitrogen and oxygen atoms in total. The molecule has 29 heavy (non-hydrogen) atoms. The second-order valence-electron chi connectivity index (χ2n) is 8.20. The fourth-order valence-corrected chi connectivity index (χ4v) is 3.85. The number of aryl methyl sites for hydroxylation is 2. The van der Waals surface area contributed by atoms with Crippen molar-refractivity contribution in [1.82, 2.24) is 10.2 Å². The number of hydrogen-bond donors (Lipinski definition) is 2. The first kappa shape index (κ1) is 20.8. The second-order valence-corrected chi connectivity index (χ2v) is 8.20. The number of halogens is 1. The lowest BCUT2D eigenvalue weighted by molar-refractivity contribution is -0.132. The number of piperidine rings is 1. The summed E-state index contributed by atoms with van der Waals surface area (Å²) in [5, 5.41) is 5.89. The molecule has 0 radical (unpaired) electrons. The third-order valence-electron chi connectivity index (χ3n) is 5.37. The molecular formula is C23H28FN3O2. The van der Waals surface area contributed by atoms with Crippen molar-refractivity contribution >= 4 is 17.6 Å². The zero-order valence-corrected chi connectivity index (χ0v) is 17.2. The van der Waals surface area contributed by atoms with E-state index in [9.17, 15) is 14.0 Å². The molecule has 1 aliphatic rings. The highest BCUT2D eigenvalue weighted by Gasteiger charge is 2.39. The van der Waals surface area contributed by atoms with Gasteiger partial charge < -0.3 is 15.5 Å². The van der Waals surface area contributed by atoms with E-state index in [0.717, 1.165) is 35.2 Å². The minimum absolute atomic E-state index is 0.0919. The lowest BCUT2D eigenvalue weighted by atomic mass is 9.81. The molecule has 3 rings (SSSR count). The van der Waals surface area contributed by atoms with E-state index in [1.807, 2.05) is 32.9 Å². The van der Waals surface area contributed by atoms with Gasteiger partial charge in [-0.2, -0.15) is 0 Å². The molecular weight excluding hydrogens is 369 g/mol. The third kappa shape index (κ3) is 5.34. The lowest BCUT2D eigenvalue weighted by Gasteiger charge is -2.39. The van der Waals surface area contributed by atoms with E-state index in [4.69, 9.17) is 0 Å². The number of nitrogens with zero attached hydrogens (tertiary/aromatic N) is 1. The second kappa shape index (κ2) is 8.64. The van der Waals surface area contributed by atoms with Crippen molar-refractivity contribution < 1.29 is 14.0 Å². The normalized spacial score (nSPS) is 19.0. The maximum Gasteiger partial charge on any atom is 0.321 e. The van der Waals surface area contributed by atoms with Gasteiger partial charge in [0.1, 0.15) is 5.82 Å². The maximum absolute atomic E-state index is 13.0. The van der Waals surface area contributed by atoms with E-state index in [2.05, 4.69) is 16.7 Å². The van der Waals surface area contributed by atoms with E-state index in [1.54, 1.807) is 17.0 Å². The van der Waals surface area contributed by atoms with Crippen LogP contribution in [0.15, 0.2) is 42.5 Å². The van der Waals surface area contributed by atoms with Crippen LogP contribution in [-0.2, 0) is 11.3 Å². The molecule has 0 spiro atoms. The predicted octanol–water partition coefficient (Wildman–Crippen LogP) is 4.39. The number of hydrogen-bond acceptors (Lipinski definition) is 2. The number of likely N-dealkylation sites (tertiary alicyclic amines) is 1. The number of carbonyl (C=O) groups excluding carboxylic acids is 2. The van der Waals surface area contributed by atoms with Crippen molar-refractivity contribution in [1.29, 1.82) is 0 Å². The molecule has 1 unspecified atom stereocenters. The number of carbonyl (C=O) groups is 2. The molecule has 1 saturated heterocycles. The summed E-state index contributed by atoms with van der Waals surface area (Å²) in [6, 6.07) is 11.8. The number of anilines is 1. The smallest absolute Gasteiger partial charge is 0.321 e.